The van der Waals surface area contributed by atoms with Gasteiger partial charge in [0.2, 0.25) is 0 Å². The smallest absolute Gasteiger partial charge is 0.253 e. The average Bonchev–Trinajstić information content (AvgIpc) is 2.58. The number of carbonyl (C=O) groups excluding carboxylic acids is 1. The summed E-state index contributed by atoms with van der Waals surface area (Å²) in [6, 6.07) is 1.36. The SMILES string of the molecule is O=C(NC1CCS(=O)(=O)C1)c1cncc(Br)c1. The molecule has 7 heteroatoms. The van der Waals surface area contributed by atoms with Gasteiger partial charge in [-0.15, -0.1) is 0 Å². The van der Waals surface area contributed by atoms with E-state index in [1.54, 1.807) is 12.3 Å². The molecule has 1 aromatic heterocycles. The second-order valence-electron chi connectivity index (χ2n) is 3.97. The van der Waals surface area contributed by atoms with Crippen LogP contribution in [-0.4, -0.2) is 36.9 Å². The Morgan fingerprint density at radius 2 is 2.24 bits per heavy atom. The van der Waals surface area contributed by atoms with E-state index in [1.165, 1.54) is 6.20 Å². The predicted octanol–water partition coefficient (Wildman–Crippen LogP) is 0.761. The largest absolute Gasteiger partial charge is 0.348 e. The van der Waals surface area contributed by atoms with E-state index < -0.39 is 9.84 Å². The van der Waals surface area contributed by atoms with Gasteiger partial charge in [0.15, 0.2) is 9.84 Å². The Balaban J connectivity index is 2.03. The molecule has 92 valence electrons. The molecule has 0 saturated carbocycles. The van der Waals surface area contributed by atoms with Crippen molar-refractivity contribution in [2.75, 3.05) is 11.5 Å². The fraction of sp³-hybridized carbons (Fsp3) is 0.400. The van der Waals surface area contributed by atoms with E-state index in [1.807, 2.05) is 0 Å². The number of pyridine rings is 1. The first-order valence-corrected chi connectivity index (χ1v) is 7.69. The molecule has 0 radical (unpaired) electrons. The second kappa shape index (κ2) is 4.73. The maximum Gasteiger partial charge on any atom is 0.253 e. The number of hydrogen-bond donors (Lipinski definition) is 1. The van der Waals surface area contributed by atoms with Crippen molar-refractivity contribution in [3.8, 4) is 0 Å². The first-order chi connectivity index (χ1) is 7.96. The van der Waals surface area contributed by atoms with Crippen molar-refractivity contribution in [3.63, 3.8) is 0 Å². The van der Waals surface area contributed by atoms with Crippen molar-refractivity contribution in [1.29, 1.82) is 0 Å². The number of hydrogen-bond acceptors (Lipinski definition) is 4. The number of rotatable bonds is 2. The zero-order chi connectivity index (χ0) is 12.5. The number of sulfone groups is 1. The van der Waals surface area contributed by atoms with Crippen LogP contribution in [0.1, 0.15) is 16.8 Å². The predicted molar refractivity (Wildman–Crippen MR) is 66.5 cm³/mol. The normalized spacial score (nSPS) is 22.3. The van der Waals surface area contributed by atoms with E-state index in [2.05, 4.69) is 26.2 Å². The first kappa shape index (κ1) is 12.5. The molecule has 1 unspecified atom stereocenters. The maximum absolute atomic E-state index is 11.8. The summed E-state index contributed by atoms with van der Waals surface area (Å²) >= 11 is 3.22. The molecule has 1 N–H and O–H groups in total. The minimum Gasteiger partial charge on any atom is -0.348 e. The molecule has 2 rings (SSSR count). The lowest BCUT2D eigenvalue weighted by molar-refractivity contribution is 0.0940. The molecule has 1 aromatic rings. The second-order valence-corrected chi connectivity index (χ2v) is 7.11. The van der Waals surface area contributed by atoms with Crippen LogP contribution in [0.2, 0.25) is 0 Å². The van der Waals surface area contributed by atoms with Crippen LogP contribution < -0.4 is 5.32 Å². The van der Waals surface area contributed by atoms with E-state index in [9.17, 15) is 13.2 Å². The molecule has 0 spiro atoms. The van der Waals surface area contributed by atoms with Crippen LogP contribution in [0, 0.1) is 0 Å². The van der Waals surface area contributed by atoms with Crippen LogP contribution in [0.4, 0.5) is 0 Å². The van der Waals surface area contributed by atoms with Gasteiger partial charge in [0, 0.05) is 22.9 Å². The highest BCUT2D eigenvalue weighted by atomic mass is 79.9. The standard InChI is InChI=1S/C10H11BrN2O3S/c11-8-3-7(4-12-5-8)10(14)13-9-1-2-17(15,16)6-9/h3-5,9H,1-2,6H2,(H,13,14). The van der Waals surface area contributed by atoms with Gasteiger partial charge in [-0.1, -0.05) is 0 Å². The number of amides is 1. The average molecular weight is 319 g/mol. The lowest BCUT2D eigenvalue weighted by atomic mass is 10.2. The third-order valence-corrected chi connectivity index (χ3v) is 4.74. The Morgan fingerprint density at radius 3 is 2.82 bits per heavy atom. The fourth-order valence-electron chi connectivity index (χ4n) is 1.71. The zero-order valence-corrected chi connectivity index (χ0v) is 11.3. The minimum absolute atomic E-state index is 0.0279. The zero-order valence-electron chi connectivity index (χ0n) is 8.89. The van der Waals surface area contributed by atoms with Crippen LogP contribution in [0.25, 0.3) is 0 Å². The van der Waals surface area contributed by atoms with Crippen LogP contribution in [0.5, 0.6) is 0 Å². The summed E-state index contributed by atoms with van der Waals surface area (Å²) in [7, 11) is -2.97. The van der Waals surface area contributed by atoms with Gasteiger partial charge in [0.05, 0.1) is 17.1 Å². The highest BCUT2D eigenvalue weighted by molar-refractivity contribution is 9.10. The van der Waals surface area contributed by atoms with Gasteiger partial charge in [0.1, 0.15) is 0 Å². The van der Waals surface area contributed by atoms with Crippen LogP contribution in [0.15, 0.2) is 22.9 Å². The topological polar surface area (TPSA) is 76.1 Å². The highest BCUT2D eigenvalue weighted by Gasteiger charge is 2.29. The first-order valence-electron chi connectivity index (χ1n) is 5.08. The van der Waals surface area contributed by atoms with E-state index in [0.717, 1.165) is 0 Å². The Labute approximate surface area is 108 Å². The van der Waals surface area contributed by atoms with Crippen LogP contribution in [-0.2, 0) is 9.84 Å². The fourth-order valence-corrected chi connectivity index (χ4v) is 3.75. The molecule has 1 amide bonds. The maximum atomic E-state index is 11.8. The van der Waals surface area contributed by atoms with Crippen molar-refractivity contribution < 1.29 is 13.2 Å². The summed E-state index contributed by atoms with van der Waals surface area (Å²) in [5, 5.41) is 2.70. The van der Waals surface area contributed by atoms with E-state index >= 15 is 0 Å². The Morgan fingerprint density at radius 1 is 1.47 bits per heavy atom. The van der Waals surface area contributed by atoms with E-state index in [-0.39, 0.29) is 23.5 Å². The number of aromatic nitrogens is 1. The van der Waals surface area contributed by atoms with Gasteiger partial charge in [-0.3, -0.25) is 9.78 Å². The Hall–Kier alpha value is -0.950. The van der Waals surface area contributed by atoms with Crippen molar-refractivity contribution in [1.82, 2.24) is 10.3 Å². The van der Waals surface area contributed by atoms with Crippen molar-refractivity contribution in [2.24, 2.45) is 0 Å². The summed E-state index contributed by atoms with van der Waals surface area (Å²) in [6.07, 6.45) is 3.51. The Bertz CT molecular complexity index is 544. The summed E-state index contributed by atoms with van der Waals surface area (Å²) in [6.45, 7) is 0. The van der Waals surface area contributed by atoms with Gasteiger partial charge in [-0.05, 0) is 28.4 Å². The molecule has 1 atom stereocenters. The van der Waals surface area contributed by atoms with Crippen molar-refractivity contribution >= 4 is 31.7 Å². The molecule has 1 saturated heterocycles. The third kappa shape index (κ3) is 3.26. The summed E-state index contributed by atoms with van der Waals surface area (Å²) in [4.78, 5) is 15.7. The molecule has 1 aliphatic rings. The van der Waals surface area contributed by atoms with E-state index in [4.69, 9.17) is 0 Å². The van der Waals surface area contributed by atoms with Crippen LogP contribution >= 0.6 is 15.9 Å². The molecule has 2 heterocycles. The van der Waals surface area contributed by atoms with Crippen molar-refractivity contribution in [2.45, 2.75) is 12.5 Å². The lowest BCUT2D eigenvalue weighted by Crippen LogP contribution is -2.35. The molecule has 0 aromatic carbocycles. The molecule has 1 fully saturated rings. The van der Waals surface area contributed by atoms with Gasteiger partial charge in [0.25, 0.3) is 5.91 Å². The highest BCUT2D eigenvalue weighted by Crippen LogP contribution is 2.13. The molecule has 17 heavy (non-hydrogen) atoms. The summed E-state index contributed by atoms with van der Waals surface area (Å²) in [5.74, 6) is -0.115. The number of nitrogens with zero attached hydrogens (tertiary/aromatic N) is 1. The molecule has 5 nitrogen and oxygen atoms in total. The summed E-state index contributed by atoms with van der Waals surface area (Å²) in [5.41, 5.74) is 0.420. The quantitative estimate of drug-likeness (QED) is 0.873. The lowest BCUT2D eigenvalue weighted by Gasteiger charge is -2.10. The molecule has 0 bridgehead atoms. The Kier molecular flexibility index (Phi) is 3.48. The number of carbonyl (C=O) groups is 1. The number of halogens is 1. The monoisotopic (exact) mass is 318 g/mol. The van der Waals surface area contributed by atoms with Gasteiger partial charge in [-0.25, -0.2) is 8.42 Å². The summed E-state index contributed by atoms with van der Waals surface area (Å²) < 4.78 is 23.2. The molecule has 0 aliphatic carbocycles. The van der Waals surface area contributed by atoms with Gasteiger partial charge < -0.3 is 5.32 Å². The molecular formula is C10H11BrN2O3S. The van der Waals surface area contributed by atoms with Crippen LogP contribution in [0.3, 0.4) is 0 Å². The third-order valence-electron chi connectivity index (χ3n) is 2.53. The van der Waals surface area contributed by atoms with Gasteiger partial charge in [-0.2, -0.15) is 0 Å². The minimum atomic E-state index is -2.97. The number of nitrogens with one attached hydrogen (secondary N) is 1. The molecular weight excluding hydrogens is 308 g/mol. The van der Waals surface area contributed by atoms with Gasteiger partial charge >= 0.3 is 0 Å². The van der Waals surface area contributed by atoms with E-state index in [0.29, 0.717) is 16.5 Å². The van der Waals surface area contributed by atoms with Crippen molar-refractivity contribution in [3.05, 3.63) is 28.5 Å². The molecule has 1 aliphatic heterocycles.